The van der Waals surface area contributed by atoms with Gasteiger partial charge in [-0.1, -0.05) is 11.6 Å². The maximum absolute atomic E-state index is 12.4. The van der Waals surface area contributed by atoms with E-state index in [9.17, 15) is 4.79 Å². The summed E-state index contributed by atoms with van der Waals surface area (Å²) in [4.78, 5) is 14.1. The van der Waals surface area contributed by atoms with Gasteiger partial charge in [-0.25, -0.2) is 9.48 Å². The number of ether oxygens (including phenoxy) is 2. The van der Waals surface area contributed by atoms with Crippen molar-refractivity contribution >= 4 is 6.09 Å². The average molecular weight is 413 g/mol. The number of benzene rings is 1. The van der Waals surface area contributed by atoms with Gasteiger partial charge in [-0.3, -0.25) is 0 Å². The zero-order chi connectivity index (χ0) is 21.1. The molecule has 2 aromatic rings. The molecule has 0 saturated heterocycles. The van der Waals surface area contributed by atoms with Crippen LogP contribution >= 0.6 is 0 Å². The summed E-state index contributed by atoms with van der Waals surface area (Å²) in [6.07, 6.45) is 8.48. The first-order chi connectivity index (χ1) is 14.5. The van der Waals surface area contributed by atoms with Crippen LogP contribution in [0, 0.1) is 5.92 Å². The van der Waals surface area contributed by atoms with E-state index >= 15 is 0 Å². The summed E-state index contributed by atoms with van der Waals surface area (Å²) < 4.78 is 13.4. The maximum atomic E-state index is 12.4. The van der Waals surface area contributed by atoms with E-state index in [0.717, 1.165) is 35.5 Å². The monoisotopic (exact) mass is 412 g/mol. The Labute approximate surface area is 178 Å². The molecule has 1 heterocycles. The molecule has 0 spiro atoms. The van der Waals surface area contributed by atoms with Crippen LogP contribution in [-0.4, -0.2) is 45.2 Å². The molecule has 7 nitrogen and oxygen atoms in total. The third kappa shape index (κ3) is 4.77. The second kappa shape index (κ2) is 9.06. The second-order valence-electron chi connectivity index (χ2n) is 8.65. The summed E-state index contributed by atoms with van der Waals surface area (Å²) in [5, 5.41) is 8.43. The number of aryl methyl sites for hydroxylation is 1. The first-order valence-electron chi connectivity index (χ1n) is 11.1. The highest BCUT2D eigenvalue weighted by molar-refractivity contribution is 5.68. The first kappa shape index (κ1) is 20.7. The third-order valence-electron chi connectivity index (χ3n) is 6.46. The predicted octanol–water partition coefficient (Wildman–Crippen LogP) is 4.56. The summed E-state index contributed by atoms with van der Waals surface area (Å²) in [7, 11) is 3.62. The molecule has 2 aliphatic carbocycles. The van der Waals surface area contributed by atoms with Crippen LogP contribution < -0.4 is 4.74 Å². The van der Waals surface area contributed by atoms with Crippen LogP contribution in [0.5, 0.6) is 5.75 Å². The highest BCUT2D eigenvalue weighted by Crippen LogP contribution is 2.35. The SMILES string of the molecule is C[C@@H](C1CC1)N(C)C(=O)OCc1c(-c2ccc(OC3CCCCC3)cc2)nnn1C. The van der Waals surface area contributed by atoms with E-state index in [1.807, 2.05) is 31.3 Å². The lowest BCUT2D eigenvalue weighted by Crippen LogP contribution is -2.36. The summed E-state index contributed by atoms with van der Waals surface area (Å²) in [5.74, 6) is 1.49. The van der Waals surface area contributed by atoms with Crippen molar-refractivity contribution in [3.63, 3.8) is 0 Å². The molecule has 2 saturated carbocycles. The highest BCUT2D eigenvalue weighted by atomic mass is 16.6. The van der Waals surface area contributed by atoms with Gasteiger partial charge in [0.2, 0.25) is 0 Å². The molecule has 0 unspecified atom stereocenters. The van der Waals surface area contributed by atoms with E-state index in [1.165, 1.54) is 32.1 Å². The normalized spacial score (nSPS) is 18.1. The van der Waals surface area contributed by atoms with Gasteiger partial charge in [0.05, 0.1) is 6.10 Å². The predicted molar refractivity (Wildman–Crippen MR) is 114 cm³/mol. The zero-order valence-corrected chi connectivity index (χ0v) is 18.2. The Morgan fingerprint density at radius 1 is 1.17 bits per heavy atom. The van der Waals surface area contributed by atoms with Gasteiger partial charge >= 0.3 is 6.09 Å². The zero-order valence-electron chi connectivity index (χ0n) is 18.2. The molecule has 7 heteroatoms. The van der Waals surface area contributed by atoms with Gasteiger partial charge in [0.25, 0.3) is 0 Å². The molecular formula is C23H32N4O3. The average Bonchev–Trinajstić information content (AvgIpc) is 3.55. The molecule has 162 valence electrons. The van der Waals surface area contributed by atoms with Gasteiger partial charge in [-0.05, 0) is 75.6 Å². The van der Waals surface area contributed by atoms with E-state index in [4.69, 9.17) is 9.47 Å². The van der Waals surface area contributed by atoms with Crippen LogP contribution in [0.3, 0.4) is 0 Å². The number of aromatic nitrogens is 3. The number of hydrogen-bond acceptors (Lipinski definition) is 5. The molecule has 4 rings (SSSR count). The standard InChI is InChI=1S/C23H32N4O3/c1-16(17-9-10-17)26(2)23(28)29-15-21-22(24-25-27(21)3)18-11-13-20(14-12-18)30-19-7-5-4-6-8-19/h11-14,16-17,19H,4-10,15H2,1-3H3/t16-/m0/s1. The molecular weight excluding hydrogens is 380 g/mol. The molecule has 30 heavy (non-hydrogen) atoms. The summed E-state index contributed by atoms with van der Waals surface area (Å²) >= 11 is 0. The second-order valence-corrected chi connectivity index (χ2v) is 8.65. The van der Waals surface area contributed by atoms with E-state index in [1.54, 1.807) is 16.6 Å². The highest BCUT2D eigenvalue weighted by Gasteiger charge is 2.33. The Morgan fingerprint density at radius 2 is 1.87 bits per heavy atom. The Bertz CT molecular complexity index is 854. The van der Waals surface area contributed by atoms with Crippen LogP contribution in [0.2, 0.25) is 0 Å². The molecule has 1 atom stereocenters. The van der Waals surface area contributed by atoms with Crippen molar-refractivity contribution in [1.82, 2.24) is 19.9 Å². The number of carbonyl (C=O) groups excluding carboxylic acids is 1. The molecule has 0 N–H and O–H groups in total. The van der Waals surface area contributed by atoms with Crippen molar-refractivity contribution in [2.75, 3.05) is 7.05 Å². The number of amides is 1. The quantitative estimate of drug-likeness (QED) is 0.667. The lowest BCUT2D eigenvalue weighted by Gasteiger charge is -2.24. The molecule has 1 aromatic carbocycles. The lowest BCUT2D eigenvalue weighted by molar-refractivity contribution is 0.0883. The maximum Gasteiger partial charge on any atom is 0.410 e. The number of nitrogens with zero attached hydrogens (tertiary/aromatic N) is 4. The largest absolute Gasteiger partial charge is 0.490 e. The number of carbonyl (C=O) groups is 1. The van der Waals surface area contributed by atoms with E-state index in [-0.39, 0.29) is 18.7 Å². The third-order valence-corrected chi connectivity index (χ3v) is 6.46. The number of hydrogen-bond donors (Lipinski definition) is 0. The van der Waals surface area contributed by atoms with Crippen LogP contribution in [0.4, 0.5) is 4.79 Å². The Morgan fingerprint density at radius 3 is 2.53 bits per heavy atom. The molecule has 0 bridgehead atoms. The van der Waals surface area contributed by atoms with Crippen LogP contribution in [0.25, 0.3) is 11.3 Å². The van der Waals surface area contributed by atoms with Crippen LogP contribution in [-0.2, 0) is 18.4 Å². The van der Waals surface area contributed by atoms with Crippen molar-refractivity contribution in [2.24, 2.45) is 13.0 Å². The molecule has 0 radical (unpaired) electrons. The smallest absolute Gasteiger partial charge is 0.410 e. The minimum Gasteiger partial charge on any atom is -0.490 e. The lowest BCUT2D eigenvalue weighted by atomic mass is 9.98. The topological polar surface area (TPSA) is 69.5 Å². The van der Waals surface area contributed by atoms with Crippen molar-refractivity contribution < 1.29 is 14.3 Å². The van der Waals surface area contributed by atoms with E-state index in [0.29, 0.717) is 12.0 Å². The molecule has 1 amide bonds. The minimum absolute atomic E-state index is 0.139. The Balaban J connectivity index is 1.39. The molecule has 1 aromatic heterocycles. The minimum atomic E-state index is -0.308. The van der Waals surface area contributed by atoms with Gasteiger partial charge in [0.15, 0.2) is 0 Å². The van der Waals surface area contributed by atoms with Gasteiger partial charge in [0.1, 0.15) is 23.7 Å². The fourth-order valence-corrected chi connectivity index (χ4v) is 4.12. The molecule has 2 aliphatic rings. The number of rotatable bonds is 7. The van der Waals surface area contributed by atoms with E-state index in [2.05, 4.69) is 17.2 Å². The fraction of sp³-hybridized carbons (Fsp3) is 0.609. The van der Waals surface area contributed by atoms with Crippen LogP contribution in [0.15, 0.2) is 24.3 Å². The van der Waals surface area contributed by atoms with Gasteiger partial charge < -0.3 is 14.4 Å². The van der Waals surface area contributed by atoms with Crippen molar-refractivity contribution in [2.45, 2.75) is 70.6 Å². The van der Waals surface area contributed by atoms with Gasteiger partial charge in [0, 0.05) is 25.7 Å². The van der Waals surface area contributed by atoms with E-state index < -0.39 is 0 Å². The Kier molecular flexibility index (Phi) is 6.25. The molecule has 0 aliphatic heterocycles. The summed E-state index contributed by atoms with van der Waals surface area (Å²) in [6, 6.07) is 8.17. The summed E-state index contributed by atoms with van der Waals surface area (Å²) in [6.45, 7) is 2.21. The van der Waals surface area contributed by atoms with Crippen molar-refractivity contribution in [3.8, 4) is 17.0 Å². The van der Waals surface area contributed by atoms with Crippen molar-refractivity contribution in [3.05, 3.63) is 30.0 Å². The Hall–Kier alpha value is -2.57. The summed E-state index contributed by atoms with van der Waals surface area (Å²) in [5.41, 5.74) is 2.44. The fourth-order valence-electron chi connectivity index (χ4n) is 4.12. The van der Waals surface area contributed by atoms with Gasteiger partial charge in [-0.2, -0.15) is 0 Å². The van der Waals surface area contributed by atoms with Gasteiger partial charge in [-0.15, -0.1) is 5.10 Å². The molecule has 2 fully saturated rings. The van der Waals surface area contributed by atoms with Crippen molar-refractivity contribution in [1.29, 1.82) is 0 Å². The van der Waals surface area contributed by atoms with Crippen LogP contribution in [0.1, 0.15) is 57.6 Å². The first-order valence-corrected chi connectivity index (χ1v) is 11.1.